The summed E-state index contributed by atoms with van der Waals surface area (Å²) in [7, 11) is 1.81. The average molecular weight is 543 g/mol. The fourth-order valence-electron chi connectivity index (χ4n) is 4.38. The molecule has 1 aromatic carbocycles. The van der Waals surface area contributed by atoms with E-state index in [2.05, 4.69) is 39.9 Å². The molecule has 0 aromatic heterocycles. The maximum absolute atomic E-state index is 12.1. The number of fused-ring (bicyclic) bond motifs is 1. The standard InChI is InChI=1S/C24H38N4O2.HI/c1-18(2)23(29)28-15-12-20(13-16-28)27-24(25-3)26-14-7-17-30-22-11-6-9-19-8-4-5-10-21(19)22;/h4-5,8,10,18,20,22H,6-7,9,11-17H2,1-3H3,(H2,25,26,27);1H. The molecule has 3 rings (SSSR count). The number of carbonyl (C=O) groups is 1. The monoisotopic (exact) mass is 542 g/mol. The van der Waals surface area contributed by atoms with Crippen molar-refractivity contribution in [1.29, 1.82) is 0 Å². The van der Waals surface area contributed by atoms with Crippen molar-refractivity contribution in [3.8, 4) is 0 Å². The first kappa shape index (κ1) is 25.9. The maximum atomic E-state index is 12.1. The van der Waals surface area contributed by atoms with Crippen molar-refractivity contribution in [2.75, 3.05) is 33.3 Å². The Morgan fingerprint density at radius 3 is 2.68 bits per heavy atom. The van der Waals surface area contributed by atoms with Gasteiger partial charge in [0.15, 0.2) is 5.96 Å². The van der Waals surface area contributed by atoms with Crippen molar-refractivity contribution < 1.29 is 9.53 Å². The van der Waals surface area contributed by atoms with Crippen LogP contribution in [0.5, 0.6) is 0 Å². The Morgan fingerprint density at radius 1 is 1.23 bits per heavy atom. The molecule has 2 N–H and O–H groups in total. The van der Waals surface area contributed by atoms with Gasteiger partial charge in [0.25, 0.3) is 0 Å². The Balaban J connectivity index is 0.00000341. The summed E-state index contributed by atoms with van der Waals surface area (Å²) in [5.74, 6) is 1.18. The van der Waals surface area contributed by atoms with E-state index in [-0.39, 0.29) is 41.9 Å². The van der Waals surface area contributed by atoms with E-state index < -0.39 is 0 Å². The zero-order chi connectivity index (χ0) is 21.3. The Labute approximate surface area is 204 Å². The summed E-state index contributed by atoms with van der Waals surface area (Å²) in [5.41, 5.74) is 2.81. The number of halogens is 1. The molecule has 1 heterocycles. The van der Waals surface area contributed by atoms with Crippen LogP contribution in [0.2, 0.25) is 0 Å². The minimum absolute atomic E-state index is 0. The van der Waals surface area contributed by atoms with Crippen molar-refractivity contribution in [3.63, 3.8) is 0 Å². The number of ether oxygens (including phenoxy) is 1. The molecule has 6 nitrogen and oxygen atoms in total. The third-order valence-electron chi connectivity index (χ3n) is 6.11. The molecule has 7 heteroatoms. The molecule has 2 aliphatic rings. The molecular formula is C24H39IN4O2. The molecule has 1 unspecified atom stereocenters. The highest BCUT2D eigenvalue weighted by molar-refractivity contribution is 14.0. The number of hydrogen-bond donors (Lipinski definition) is 2. The maximum Gasteiger partial charge on any atom is 0.225 e. The number of hydrogen-bond acceptors (Lipinski definition) is 3. The highest BCUT2D eigenvalue weighted by Crippen LogP contribution is 2.32. The smallest absolute Gasteiger partial charge is 0.225 e. The third-order valence-corrected chi connectivity index (χ3v) is 6.11. The van der Waals surface area contributed by atoms with Crippen LogP contribution in [-0.4, -0.2) is 56.1 Å². The molecule has 174 valence electrons. The number of amides is 1. The number of piperidine rings is 1. The molecule has 1 aromatic rings. The summed E-state index contributed by atoms with van der Waals surface area (Å²) in [5, 5.41) is 6.91. The van der Waals surface area contributed by atoms with E-state index in [0.717, 1.165) is 57.9 Å². The zero-order valence-corrected chi connectivity index (χ0v) is 21.6. The number of likely N-dealkylation sites (tertiary alicyclic amines) is 1. The number of aliphatic imine (C=N–C) groups is 1. The van der Waals surface area contributed by atoms with Crippen molar-refractivity contribution in [3.05, 3.63) is 35.4 Å². The Hall–Kier alpha value is -1.35. The fourth-order valence-corrected chi connectivity index (χ4v) is 4.38. The predicted molar refractivity (Wildman–Crippen MR) is 137 cm³/mol. The van der Waals surface area contributed by atoms with E-state index in [1.54, 1.807) is 0 Å². The lowest BCUT2D eigenvalue weighted by Gasteiger charge is -2.34. The van der Waals surface area contributed by atoms with Gasteiger partial charge in [0.05, 0.1) is 6.10 Å². The summed E-state index contributed by atoms with van der Waals surface area (Å²) in [6, 6.07) is 9.04. The van der Waals surface area contributed by atoms with Crippen LogP contribution in [0.4, 0.5) is 0 Å². The van der Waals surface area contributed by atoms with Gasteiger partial charge in [-0.25, -0.2) is 0 Å². The quantitative estimate of drug-likeness (QED) is 0.238. The molecule has 1 atom stereocenters. The Morgan fingerprint density at radius 2 is 1.97 bits per heavy atom. The van der Waals surface area contributed by atoms with Crippen LogP contribution in [0, 0.1) is 5.92 Å². The first-order valence-corrected chi connectivity index (χ1v) is 11.5. The van der Waals surface area contributed by atoms with Gasteiger partial charge in [0.1, 0.15) is 0 Å². The first-order valence-electron chi connectivity index (χ1n) is 11.5. The number of nitrogens with one attached hydrogen (secondary N) is 2. The molecule has 1 aliphatic heterocycles. The van der Waals surface area contributed by atoms with Crippen molar-refractivity contribution >= 4 is 35.8 Å². The zero-order valence-electron chi connectivity index (χ0n) is 19.2. The first-order chi connectivity index (χ1) is 14.6. The van der Waals surface area contributed by atoms with Gasteiger partial charge in [-0.2, -0.15) is 0 Å². The lowest BCUT2D eigenvalue weighted by Crippen LogP contribution is -2.50. The molecule has 31 heavy (non-hydrogen) atoms. The van der Waals surface area contributed by atoms with Gasteiger partial charge in [0, 0.05) is 45.2 Å². The van der Waals surface area contributed by atoms with E-state index in [0.29, 0.717) is 6.04 Å². The van der Waals surface area contributed by atoms with Crippen LogP contribution in [0.25, 0.3) is 0 Å². The van der Waals surface area contributed by atoms with Gasteiger partial charge in [-0.3, -0.25) is 9.79 Å². The lowest BCUT2D eigenvalue weighted by molar-refractivity contribution is -0.135. The van der Waals surface area contributed by atoms with Crippen LogP contribution in [-0.2, 0) is 16.0 Å². The normalized spacial score (nSPS) is 19.5. The number of nitrogens with zero attached hydrogens (tertiary/aromatic N) is 2. The second-order valence-electron chi connectivity index (χ2n) is 8.70. The van der Waals surface area contributed by atoms with E-state index in [9.17, 15) is 4.79 Å². The second-order valence-corrected chi connectivity index (χ2v) is 8.70. The Kier molecular flexibility index (Phi) is 11.1. The van der Waals surface area contributed by atoms with Crippen molar-refractivity contribution in [2.24, 2.45) is 10.9 Å². The number of benzene rings is 1. The van der Waals surface area contributed by atoms with E-state index in [1.807, 2.05) is 25.8 Å². The number of carbonyl (C=O) groups excluding carboxylic acids is 1. The molecule has 1 saturated heterocycles. The van der Waals surface area contributed by atoms with Gasteiger partial charge in [0.2, 0.25) is 5.91 Å². The van der Waals surface area contributed by atoms with E-state index >= 15 is 0 Å². The number of aryl methyl sites for hydroxylation is 1. The van der Waals surface area contributed by atoms with Crippen LogP contribution < -0.4 is 10.6 Å². The minimum Gasteiger partial charge on any atom is -0.373 e. The molecule has 0 bridgehead atoms. The summed E-state index contributed by atoms with van der Waals surface area (Å²) in [6.45, 7) is 7.16. The molecule has 1 aliphatic carbocycles. The highest BCUT2D eigenvalue weighted by Gasteiger charge is 2.24. The largest absolute Gasteiger partial charge is 0.373 e. The lowest BCUT2D eigenvalue weighted by atomic mass is 9.89. The summed E-state index contributed by atoms with van der Waals surface area (Å²) in [4.78, 5) is 18.5. The van der Waals surface area contributed by atoms with Gasteiger partial charge in [-0.05, 0) is 49.7 Å². The van der Waals surface area contributed by atoms with Crippen LogP contribution in [0.3, 0.4) is 0 Å². The summed E-state index contributed by atoms with van der Waals surface area (Å²) >= 11 is 0. The van der Waals surface area contributed by atoms with E-state index in [1.165, 1.54) is 24.0 Å². The third kappa shape index (κ3) is 7.63. The summed E-state index contributed by atoms with van der Waals surface area (Å²) in [6.07, 6.45) is 6.60. The van der Waals surface area contributed by atoms with Crippen molar-refractivity contribution in [2.45, 2.75) is 64.5 Å². The van der Waals surface area contributed by atoms with Crippen molar-refractivity contribution in [1.82, 2.24) is 15.5 Å². The van der Waals surface area contributed by atoms with E-state index in [4.69, 9.17) is 4.74 Å². The minimum atomic E-state index is 0. The predicted octanol–water partition coefficient (Wildman–Crippen LogP) is 3.90. The summed E-state index contributed by atoms with van der Waals surface area (Å²) < 4.78 is 6.19. The molecule has 1 amide bonds. The molecule has 1 fully saturated rings. The Bertz CT molecular complexity index is 717. The van der Waals surface area contributed by atoms with Crippen LogP contribution >= 0.6 is 24.0 Å². The average Bonchev–Trinajstić information content (AvgIpc) is 2.78. The second kappa shape index (κ2) is 13.3. The molecule has 0 radical (unpaired) electrons. The highest BCUT2D eigenvalue weighted by atomic mass is 127. The van der Waals surface area contributed by atoms with Crippen LogP contribution in [0.1, 0.15) is 63.2 Å². The van der Waals surface area contributed by atoms with Gasteiger partial charge in [-0.1, -0.05) is 38.1 Å². The fraction of sp³-hybridized carbons (Fsp3) is 0.667. The number of guanidine groups is 1. The molecule has 0 saturated carbocycles. The SMILES string of the molecule is CN=C(NCCCOC1CCCc2ccccc21)NC1CCN(C(=O)C(C)C)CC1.I. The van der Waals surface area contributed by atoms with Crippen LogP contribution in [0.15, 0.2) is 29.3 Å². The molecule has 0 spiro atoms. The van der Waals surface area contributed by atoms with Gasteiger partial charge >= 0.3 is 0 Å². The van der Waals surface area contributed by atoms with Gasteiger partial charge in [-0.15, -0.1) is 24.0 Å². The number of rotatable bonds is 7. The van der Waals surface area contributed by atoms with Gasteiger partial charge < -0.3 is 20.3 Å². The molecular weight excluding hydrogens is 503 g/mol. The topological polar surface area (TPSA) is 66.0 Å².